The highest BCUT2D eigenvalue weighted by atomic mass is 32.2. The van der Waals surface area contributed by atoms with Crippen molar-refractivity contribution in [2.45, 2.75) is 13.3 Å². The molecule has 0 aromatic rings. The van der Waals surface area contributed by atoms with Gasteiger partial charge >= 0.3 is 0 Å². The Kier molecular flexibility index (Phi) is 1.73. The fourth-order valence-electron chi connectivity index (χ4n) is 0.835. The van der Waals surface area contributed by atoms with Gasteiger partial charge in [0, 0.05) is 27.0 Å². The fraction of sp³-hybridized carbons (Fsp3) is 0.429. The molecule has 0 saturated heterocycles. The highest BCUT2D eigenvalue weighted by Crippen LogP contribution is 2.20. The van der Waals surface area contributed by atoms with Gasteiger partial charge in [-0.1, -0.05) is 5.92 Å². The molecule has 0 saturated carbocycles. The molecule has 0 amide bonds. The SMILES string of the molecule is C#CC1=C(C)S(=O)CC1. The Morgan fingerprint density at radius 1 is 1.78 bits per heavy atom. The van der Waals surface area contributed by atoms with Crippen LogP contribution in [0.5, 0.6) is 0 Å². The van der Waals surface area contributed by atoms with Crippen LogP contribution in [0.15, 0.2) is 10.5 Å². The van der Waals surface area contributed by atoms with E-state index in [-0.39, 0.29) is 0 Å². The minimum Gasteiger partial charge on any atom is -0.255 e. The Morgan fingerprint density at radius 2 is 2.44 bits per heavy atom. The third-order valence-corrected chi connectivity index (χ3v) is 2.98. The first-order valence-electron chi connectivity index (χ1n) is 2.80. The molecule has 0 fully saturated rings. The van der Waals surface area contributed by atoms with Crippen LogP contribution >= 0.6 is 0 Å². The van der Waals surface area contributed by atoms with E-state index in [4.69, 9.17) is 6.42 Å². The molecule has 1 aliphatic rings. The molecule has 1 atom stereocenters. The van der Waals surface area contributed by atoms with E-state index in [0.29, 0.717) is 0 Å². The van der Waals surface area contributed by atoms with Gasteiger partial charge < -0.3 is 0 Å². The highest BCUT2D eigenvalue weighted by Gasteiger charge is 2.15. The maximum absolute atomic E-state index is 10.9. The first kappa shape index (κ1) is 6.57. The van der Waals surface area contributed by atoms with Gasteiger partial charge in [-0.25, -0.2) is 0 Å². The maximum atomic E-state index is 10.9. The smallest absolute Gasteiger partial charge is 0.0498 e. The second kappa shape index (κ2) is 2.36. The molecule has 0 aliphatic carbocycles. The maximum Gasteiger partial charge on any atom is 0.0498 e. The van der Waals surface area contributed by atoms with E-state index in [9.17, 15) is 4.21 Å². The van der Waals surface area contributed by atoms with Gasteiger partial charge in [0.2, 0.25) is 0 Å². The second-order valence-electron chi connectivity index (χ2n) is 1.98. The molecule has 0 aromatic carbocycles. The van der Waals surface area contributed by atoms with Crippen LogP contribution in [0.25, 0.3) is 0 Å². The summed E-state index contributed by atoms with van der Waals surface area (Å²) in [6.45, 7) is 1.85. The van der Waals surface area contributed by atoms with Crippen molar-refractivity contribution >= 4 is 10.8 Å². The average Bonchev–Trinajstić information content (AvgIpc) is 2.15. The monoisotopic (exact) mass is 140 g/mol. The minimum absolute atomic E-state index is 0.728. The molecule has 48 valence electrons. The Morgan fingerprint density at radius 3 is 2.67 bits per heavy atom. The summed E-state index contributed by atoms with van der Waals surface area (Å²) in [6.07, 6.45) is 5.97. The molecule has 0 aromatic heterocycles. The first-order valence-corrected chi connectivity index (χ1v) is 4.12. The third-order valence-electron chi connectivity index (χ3n) is 1.48. The van der Waals surface area contributed by atoms with E-state index in [1.807, 2.05) is 6.92 Å². The first-order chi connectivity index (χ1) is 4.25. The van der Waals surface area contributed by atoms with Crippen LogP contribution in [-0.4, -0.2) is 9.96 Å². The summed E-state index contributed by atoms with van der Waals surface area (Å²) in [7, 11) is -0.760. The molecule has 1 heterocycles. The van der Waals surface area contributed by atoms with E-state index in [1.54, 1.807) is 0 Å². The molecular weight excluding hydrogens is 132 g/mol. The number of hydrogen-bond acceptors (Lipinski definition) is 1. The zero-order chi connectivity index (χ0) is 6.85. The third kappa shape index (κ3) is 1.06. The lowest BCUT2D eigenvalue weighted by atomic mass is 10.2. The van der Waals surface area contributed by atoms with Gasteiger partial charge in [0.15, 0.2) is 0 Å². The Balaban J connectivity index is 2.96. The van der Waals surface area contributed by atoms with Gasteiger partial charge in [0.1, 0.15) is 0 Å². The quantitative estimate of drug-likeness (QED) is 0.459. The van der Waals surface area contributed by atoms with E-state index >= 15 is 0 Å². The predicted molar refractivity (Wildman–Crippen MR) is 39.2 cm³/mol. The standard InChI is InChI=1S/C7H8OS/c1-3-7-4-5-9(8)6(7)2/h1H,4-5H2,2H3. The topological polar surface area (TPSA) is 17.1 Å². The fourth-order valence-corrected chi connectivity index (χ4v) is 1.97. The van der Waals surface area contributed by atoms with Crippen LogP contribution in [0, 0.1) is 12.3 Å². The molecule has 1 rings (SSSR count). The summed E-state index contributed by atoms with van der Waals surface area (Å²) >= 11 is 0. The van der Waals surface area contributed by atoms with Crippen molar-refractivity contribution < 1.29 is 4.21 Å². The lowest BCUT2D eigenvalue weighted by Crippen LogP contribution is -1.86. The van der Waals surface area contributed by atoms with Gasteiger partial charge in [0.25, 0.3) is 0 Å². The normalized spacial score (nSPS) is 26.4. The van der Waals surface area contributed by atoms with Crippen LogP contribution in [0.1, 0.15) is 13.3 Å². The molecule has 0 spiro atoms. The van der Waals surface area contributed by atoms with Crippen molar-refractivity contribution in [2.75, 3.05) is 5.75 Å². The van der Waals surface area contributed by atoms with Crippen molar-refractivity contribution in [3.8, 4) is 12.3 Å². The molecule has 0 radical (unpaired) electrons. The average molecular weight is 140 g/mol. The minimum atomic E-state index is -0.760. The van der Waals surface area contributed by atoms with E-state index in [2.05, 4.69) is 5.92 Å². The van der Waals surface area contributed by atoms with Crippen molar-refractivity contribution in [2.24, 2.45) is 0 Å². The molecule has 9 heavy (non-hydrogen) atoms. The zero-order valence-corrected chi connectivity index (χ0v) is 6.12. The molecule has 1 unspecified atom stereocenters. The zero-order valence-electron chi connectivity index (χ0n) is 5.31. The van der Waals surface area contributed by atoms with Gasteiger partial charge in [0.05, 0.1) is 0 Å². The van der Waals surface area contributed by atoms with Crippen molar-refractivity contribution in [3.05, 3.63) is 10.5 Å². The molecular formula is C7H8OS. The number of allylic oxidation sites excluding steroid dienone is 2. The van der Waals surface area contributed by atoms with Crippen LogP contribution in [0.3, 0.4) is 0 Å². The van der Waals surface area contributed by atoms with E-state index in [1.165, 1.54) is 0 Å². The Hall–Kier alpha value is -0.550. The van der Waals surface area contributed by atoms with Gasteiger partial charge in [-0.15, -0.1) is 6.42 Å². The van der Waals surface area contributed by atoms with E-state index in [0.717, 1.165) is 22.7 Å². The predicted octanol–water partition coefficient (Wildman–Crippen LogP) is 1.05. The van der Waals surface area contributed by atoms with Crippen LogP contribution in [-0.2, 0) is 10.8 Å². The van der Waals surface area contributed by atoms with Crippen LogP contribution in [0.2, 0.25) is 0 Å². The molecule has 0 bridgehead atoms. The van der Waals surface area contributed by atoms with Crippen LogP contribution in [0.4, 0.5) is 0 Å². The summed E-state index contributed by atoms with van der Waals surface area (Å²) < 4.78 is 10.9. The lowest BCUT2D eigenvalue weighted by Gasteiger charge is -1.86. The number of terminal acetylenes is 1. The summed E-state index contributed by atoms with van der Waals surface area (Å²) in [5.74, 6) is 3.26. The van der Waals surface area contributed by atoms with Crippen LogP contribution < -0.4 is 0 Å². The highest BCUT2D eigenvalue weighted by molar-refractivity contribution is 7.89. The second-order valence-corrected chi connectivity index (χ2v) is 3.69. The van der Waals surface area contributed by atoms with Crippen molar-refractivity contribution in [1.82, 2.24) is 0 Å². The number of rotatable bonds is 0. The van der Waals surface area contributed by atoms with Gasteiger partial charge in [-0.05, 0) is 13.3 Å². The summed E-state index contributed by atoms with van der Waals surface area (Å²) in [5.41, 5.74) is 0.938. The molecule has 1 aliphatic heterocycles. The van der Waals surface area contributed by atoms with Crippen molar-refractivity contribution in [1.29, 1.82) is 0 Å². The molecule has 1 nitrogen and oxygen atoms in total. The summed E-state index contributed by atoms with van der Waals surface area (Å²) in [6, 6.07) is 0. The molecule has 0 N–H and O–H groups in total. The van der Waals surface area contributed by atoms with Gasteiger partial charge in [-0.2, -0.15) is 0 Å². The largest absolute Gasteiger partial charge is 0.255 e. The number of hydrogen-bond donors (Lipinski definition) is 0. The lowest BCUT2D eigenvalue weighted by molar-refractivity contribution is 0.688. The van der Waals surface area contributed by atoms with Crippen molar-refractivity contribution in [3.63, 3.8) is 0 Å². The Bertz CT molecular complexity index is 220. The molecule has 2 heteroatoms. The summed E-state index contributed by atoms with van der Waals surface area (Å²) in [5, 5.41) is 0. The van der Waals surface area contributed by atoms with E-state index < -0.39 is 10.8 Å². The Labute approximate surface area is 57.6 Å². The van der Waals surface area contributed by atoms with Gasteiger partial charge in [-0.3, -0.25) is 4.21 Å². The summed E-state index contributed by atoms with van der Waals surface area (Å²) in [4.78, 5) is 0.900.